The molecule has 0 N–H and O–H groups in total. The lowest BCUT2D eigenvalue weighted by Gasteiger charge is -2.19. The molecular weight excluding hydrogens is 438 g/mol. The van der Waals surface area contributed by atoms with Crippen molar-refractivity contribution < 1.29 is 17.3 Å². The maximum Gasteiger partial charge on any atom is 0.339 e. The van der Waals surface area contributed by atoms with Crippen molar-refractivity contribution in [2.45, 2.75) is 17.7 Å². The Morgan fingerprint density at radius 2 is 1.73 bits per heavy atom. The predicted molar refractivity (Wildman–Crippen MR) is 107 cm³/mol. The fourth-order valence-electron chi connectivity index (χ4n) is 2.74. The quantitative estimate of drug-likeness (QED) is 0.501. The van der Waals surface area contributed by atoms with Crippen LogP contribution < -0.4 is 8.92 Å². The van der Waals surface area contributed by atoms with Crippen LogP contribution in [-0.4, -0.2) is 38.5 Å². The van der Waals surface area contributed by atoms with Gasteiger partial charge in [0.15, 0.2) is 11.5 Å². The van der Waals surface area contributed by atoms with E-state index < -0.39 is 10.1 Å². The van der Waals surface area contributed by atoms with Gasteiger partial charge in [-0.25, -0.2) is 0 Å². The minimum absolute atomic E-state index is 0.0689. The Morgan fingerprint density at radius 1 is 1.08 bits per heavy atom. The monoisotopic (exact) mass is 455 g/mol. The molecule has 2 aromatic rings. The molecule has 1 aliphatic rings. The Kier molecular flexibility index (Phi) is 5.84. The van der Waals surface area contributed by atoms with E-state index in [1.54, 1.807) is 30.3 Å². The Bertz CT molecular complexity index is 907. The van der Waals surface area contributed by atoms with Crippen LogP contribution in [0.3, 0.4) is 0 Å². The molecule has 1 fully saturated rings. The maximum atomic E-state index is 12.5. The van der Waals surface area contributed by atoms with Crippen LogP contribution >= 0.6 is 28.1 Å². The van der Waals surface area contributed by atoms with Crippen molar-refractivity contribution in [3.05, 3.63) is 52.5 Å². The Hall–Kier alpha value is -1.64. The molecule has 26 heavy (non-hydrogen) atoms. The normalized spacial score (nSPS) is 14.3. The molecule has 5 nitrogen and oxygen atoms in total. The molecule has 1 heterocycles. The molecule has 0 bridgehead atoms. The number of halogens is 1. The highest BCUT2D eigenvalue weighted by Crippen LogP contribution is 2.32. The minimum Gasteiger partial charge on any atom is -0.493 e. The molecule has 0 amide bonds. The molecule has 0 atom stereocenters. The summed E-state index contributed by atoms with van der Waals surface area (Å²) in [7, 11) is -2.49. The largest absolute Gasteiger partial charge is 0.493 e. The van der Waals surface area contributed by atoms with E-state index in [1.807, 2.05) is 0 Å². The lowest BCUT2D eigenvalue weighted by atomic mass is 10.2. The first-order chi connectivity index (χ1) is 12.4. The zero-order valence-electron chi connectivity index (χ0n) is 14.1. The standard InChI is InChI=1S/C18H18BrNO4S2/c1-23-17-12-13(18(25)20-10-2-3-11-20)4-9-16(17)24-26(21,22)15-7-5-14(19)6-8-15/h4-9,12H,2-3,10-11H2,1H3. The van der Waals surface area contributed by atoms with Crippen molar-refractivity contribution in [3.8, 4) is 11.5 Å². The second-order valence-corrected chi connectivity index (χ2v) is 8.71. The summed E-state index contributed by atoms with van der Waals surface area (Å²) < 4.78 is 36.4. The third kappa shape index (κ3) is 4.19. The first kappa shape index (κ1) is 19.1. The lowest BCUT2D eigenvalue weighted by molar-refractivity contribution is 0.390. The van der Waals surface area contributed by atoms with Gasteiger partial charge >= 0.3 is 10.1 Å². The van der Waals surface area contributed by atoms with E-state index in [9.17, 15) is 8.42 Å². The number of thiocarbonyl (C=S) groups is 1. The van der Waals surface area contributed by atoms with Crippen molar-refractivity contribution in [1.82, 2.24) is 4.90 Å². The number of hydrogen-bond acceptors (Lipinski definition) is 5. The second kappa shape index (κ2) is 7.94. The van der Waals surface area contributed by atoms with Gasteiger partial charge in [-0.3, -0.25) is 0 Å². The summed E-state index contributed by atoms with van der Waals surface area (Å²) >= 11 is 8.82. The van der Waals surface area contributed by atoms with Crippen LogP contribution in [0.15, 0.2) is 51.8 Å². The first-order valence-electron chi connectivity index (χ1n) is 8.08. The predicted octanol–water partition coefficient (Wildman–Crippen LogP) is 4.00. The van der Waals surface area contributed by atoms with Gasteiger partial charge in [-0.2, -0.15) is 8.42 Å². The van der Waals surface area contributed by atoms with Gasteiger partial charge in [-0.1, -0.05) is 28.1 Å². The average molecular weight is 456 g/mol. The number of nitrogens with zero attached hydrogens (tertiary/aromatic N) is 1. The highest BCUT2D eigenvalue weighted by Gasteiger charge is 2.21. The molecule has 0 aliphatic carbocycles. The lowest BCUT2D eigenvalue weighted by Crippen LogP contribution is -2.26. The third-order valence-corrected chi connectivity index (χ3v) is 6.38. The number of likely N-dealkylation sites (tertiary alicyclic amines) is 1. The van der Waals surface area contributed by atoms with E-state index in [0.717, 1.165) is 41.0 Å². The van der Waals surface area contributed by atoms with Crippen LogP contribution in [0.25, 0.3) is 0 Å². The maximum absolute atomic E-state index is 12.5. The molecule has 1 saturated heterocycles. The summed E-state index contributed by atoms with van der Waals surface area (Å²) in [5.74, 6) is 0.452. The van der Waals surface area contributed by atoms with E-state index in [-0.39, 0.29) is 10.6 Å². The molecule has 0 radical (unpaired) electrons. The Balaban J connectivity index is 1.85. The third-order valence-electron chi connectivity index (χ3n) is 4.11. The number of methoxy groups -OCH3 is 1. The molecule has 8 heteroatoms. The smallest absolute Gasteiger partial charge is 0.339 e. The van der Waals surface area contributed by atoms with Gasteiger partial charge in [0.1, 0.15) is 9.88 Å². The molecule has 3 rings (SSSR count). The second-order valence-electron chi connectivity index (χ2n) is 5.86. The zero-order valence-corrected chi connectivity index (χ0v) is 17.4. The van der Waals surface area contributed by atoms with Crippen LogP contribution in [0.2, 0.25) is 0 Å². The molecule has 2 aromatic carbocycles. The Labute approximate surface area is 167 Å². The topological polar surface area (TPSA) is 55.8 Å². The number of rotatable bonds is 5. The van der Waals surface area contributed by atoms with Gasteiger partial charge in [0.2, 0.25) is 0 Å². The van der Waals surface area contributed by atoms with Gasteiger partial charge in [-0.15, -0.1) is 0 Å². The molecule has 0 saturated carbocycles. The van der Waals surface area contributed by atoms with Gasteiger partial charge in [0, 0.05) is 23.1 Å². The van der Waals surface area contributed by atoms with Crippen molar-refractivity contribution >= 4 is 43.3 Å². The van der Waals surface area contributed by atoms with Crippen molar-refractivity contribution in [1.29, 1.82) is 0 Å². The molecule has 1 aliphatic heterocycles. The highest BCUT2D eigenvalue weighted by atomic mass is 79.9. The van der Waals surface area contributed by atoms with Crippen LogP contribution in [-0.2, 0) is 10.1 Å². The van der Waals surface area contributed by atoms with Crippen LogP contribution in [0.4, 0.5) is 0 Å². The van der Waals surface area contributed by atoms with E-state index in [1.165, 1.54) is 19.2 Å². The number of hydrogen-bond donors (Lipinski definition) is 0. The Morgan fingerprint density at radius 3 is 2.35 bits per heavy atom. The minimum atomic E-state index is -3.96. The SMILES string of the molecule is COc1cc(C(=S)N2CCCC2)ccc1OS(=O)(=O)c1ccc(Br)cc1. The van der Waals surface area contributed by atoms with E-state index in [2.05, 4.69) is 20.8 Å². The van der Waals surface area contributed by atoms with Crippen LogP contribution in [0.1, 0.15) is 18.4 Å². The first-order valence-corrected chi connectivity index (χ1v) is 10.7. The van der Waals surface area contributed by atoms with E-state index >= 15 is 0 Å². The number of benzene rings is 2. The van der Waals surface area contributed by atoms with Crippen molar-refractivity contribution in [3.63, 3.8) is 0 Å². The molecule has 138 valence electrons. The van der Waals surface area contributed by atoms with Gasteiger partial charge < -0.3 is 13.8 Å². The van der Waals surface area contributed by atoms with Gasteiger partial charge in [0.05, 0.1) is 7.11 Å². The summed E-state index contributed by atoms with van der Waals surface area (Å²) in [5.41, 5.74) is 0.812. The molecular formula is C18H18BrNO4S2. The fraction of sp³-hybridized carbons (Fsp3) is 0.278. The average Bonchev–Trinajstić information content (AvgIpc) is 3.16. The zero-order chi connectivity index (χ0) is 18.7. The summed E-state index contributed by atoms with van der Waals surface area (Å²) in [6.45, 7) is 1.88. The summed E-state index contributed by atoms with van der Waals surface area (Å²) in [4.78, 5) is 2.95. The fourth-order valence-corrected chi connectivity index (χ4v) is 4.25. The van der Waals surface area contributed by atoms with Gasteiger partial charge in [0.25, 0.3) is 0 Å². The summed E-state index contributed by atoms with van der Waals surface area (Å²) in [6.07, 6.45) is 2.26. The van der Waals surface area contributed by atoms with Crippen LogP contribution in [0.5, 0.6) is 11.5 Å². The van der Waals surface area contributed by atoms with Crippen molar-refractivity contribution in [2.24, 2.45) is 0 Å². The van der Waals surface area contributed by atoms with E-state index in [0.29, 0.717) is 5.75 Å². The van der Waals surface area contributed by atoms with Crippen LogP contribution in [0, 0.1) is 0 Å². The molecule has 0 unspecified atom stereocenters. The highest BCUT2D eigenvalue weighted by molar-refractivity contribution is 9.10. The van der Waals surface area contributed by atoms with Crippen molar-refractivity contribution in [2.75, 3.05) is 20.2 Å². The summed E-state index contributed by atoms with van der Waals surface area (Å²) in [5, 5.41) is 0. The van der Waals surface area contributed by atoms with E-state index in [4.69, 9.17) is 21.1 Å². The summed E-state index contributed by atoms with van der Waals surface area (Å²) in [6, 6.07) is 11.3. The number of ether oxygens (including phenoxy) is 1. The van der Waals surface area contributed by atoms with Gasteiger partial charge in [-0.05, 0) is 55.3 Å². The molecule has 0 spiro atoms. The molecule has 0 aromatic heterocycles.